The van der Waals surface area contributed by atoms with E-state index in [1.165, 1.54) is 31.4 Å². The topological polar surface area (TPSA) is 3.24 Å². The lowest BCUT2D eigenvalue weighted by atomic mass is 10.2. The predicted molar refractivity (Wildman–Crippen MR) is 69.3 cm³/mol. The zero-order chi connectivity index (χ0) is 11.5. The molecule has 0 fully saturated rings. The highest BCUT2D eigenvalue weighted by atomic mass is 15.0. The van der Waals surface area contributed by atoms with Crippen molar-refractivity contribution in [3.05, 3.63) is 35.9 Å². The molecule has 1 nitrogen and oxygen atoms in total. The summed E-state index contributed by atoms with van der Waals surface area (Å²) < 4.78 is 0. The van der Waals surface area contributed by atoms with E-state index in [1.54, 1.807) is 0 Å². The zero-order valence-corrected chi connectivity index (χ0v) is 10.7. The van der Waals surface area contributed by atoms with Crippen molar-refractivity contribution in [1.82, 2.24) is 4.90 Å². The number of aryl methyl sites for hydroxylation is 1. The van der Waals surface area contributed by atoms with Crippen molar-refractivity contribution in [2.24, 2.45) is 0 Å². The summed E-state index contributed by atoms with van der Waals surface area (Å²) in [5.41, 5.74) is 1.32. The molecule has 15 heavy (non-hydrogen) atoms. The first-order valence-electron chi connectivity index (χ1n) is 5.83. The molecule has 1 aromatic carbocycles. The lowest BCUT2D eigenvalue weighted by Crippen LogP contribution is -2.12. The van der Waals surface area contributed by atoms with Crippen molar-refractivity contribution in [1.29, 1.82) is 0 Å². The fourth-order valence-electron chi connectivity index (χ4n) is 1.21. The molecule has 0 atom stereocenters. The maximum absolute atomic E-state index is 2.23. The average molecular weight is 207 g/mol. The average Bonchev–Trinajstić information content (AvgIpc) is 2.20. The van der Waals surface area contributed by atoms with Gasteiger partial charge in [0.2, 0.25) is 0 Å². The molecule has 0 aromatic heterocycles. The van der Waals surface area contributed by atoms with E-state index in [-0.39, 0.29) is 0 Å². The van der Waals surface area contributed by atoms with Crippen LogP contribution in [0.15, 0.2) is 30.3 Å². The molecule has 0 aliphatic rings. The Balaban J connectivity index is 0.000000262. The Hall–Kier alpha value is -0.820. The Morgan fingerprint density at radius 3 is 1.93 bits per heavy atom. The fraction of sp³-hybridized carbons (Fsp3) is 0.571. The van der Waals surface area contributed by atoms with Crippen LogP contribution in [-0.4, -0.2) is 25.5 Å². The minimum absolute atomic E-state index is 1.24. The third-order valence-electron chi connectivity index (χ3n) is 2.15. The highest BCUT2D eigenvalue weighted by Crippen LogP contribution is 1.93. The van der Waals surface area contributed by atoms with Crippen LogP contribution < -0.4 is 0 Å². The van der Waals surface area contributed by atoms with Crippen LogP contribution in [-0.2, 0) is 0 Å². The van der Waals surface area contributed by atoms with Gasteiger partial charge in [-0.15, -0.1) is 0 Å². The van der Waals surface area contributed by atoms with Crippen LogP contribution in [0.1, 0.15) is 31.7 Å². The predicted octanol–water partition coefficient (Wildman–Crippen LogP) is 3.73. The Bertz CT molecular complexity index is 216. The third-order valence-corrected chi connectivity index (χ3v) is 2.15. The summed E-state index contributed by atoms with van der Waals surface area (Å²) in [5.74, 6) is 0. The molecule has 0 spiro atoms. The Labute approximate surface area is 95.1 Å². The van der Waals surface area contributed by atoms with Gasteiger partial charge in [-0.2, -0.15) is 0 Å². The largest absolute Gasteiger partial charge is 0.309 e. The van der Waals surface area contributed by atoms with Gasteiger partial charge < -0.3 is 4.90 Å². The minimum atomic E-state index is 1.24. The lowest BCUT2D eigenvalue weighted by Gasteiger charge is -2.06. The van der Waals surface area contributed by atoms with Gasteiger partial charge in [0.15, 0.2) is 0 Å². The lowest BCUT2D eigenvalue weighted by molar-refractivity contribution is 0.393. The van der Waals surface area contributed by atoms with E-state index in [4.69, 9.17) is 0 Å². The summed E-state index contributed by atoms with van der Waals surface area (Å²) in [6, 6.07) is 10.3. The van der Waals surface area contributed by atoms with E-state index in [2.05, 4.69) is 45.0 Å². The molecule has 0 unspecified atom stereocenters. The van der Waals surface area contributed by atoms with Crippen LogP contribution in [0.25, 0.3) is 0 Å². The Morgan fingerprint density at radius 1 is 1.00 bits per heavy atom. The SMILES string of the molecule is CCCCCN(C)C.Cc1ccccc1. The molecule has 1 heteroatoms. The van der Waals surface area contributed by atoms with Gasteiger partial charge in [-0.3, -0.25) is 0 Å². The smallest absolute Gasteiger partial charge is 0.00248 e. The van der Waals surface area contributed by atoms with E-state index < -0.39 is 0 Å². The second-order valence-electron chi connectivity index (χ2n) is 4.17. The zero-order valence-electron chi connectivity index (χ0n) is 10.7. The van der Waals surface area contributed by atoms with Gasteiger partial charge in [0.1, 0.15) is 0 Å². The van der Waals surface area contributed by atoms with Crippen LogP contribution in [0, 0.1) is 6.92 Å². The van der Waals surface area contributed by atoms with E-state index in [9.17, 15) is 0 Å². The van der Waals surface area contributed by atoms with Gasteiger partial charge in [-0.05, 0) is 34.0 Å². The van der Waals surface area contributed by atoms with E-state index in [0.29, 0.717) is 0 Å². The first kappa shape index (κ1) is 14.2. The van der Waals surface area contributed by atoms with E-state index >= 15 is 0 Å². The highest BCUT2D eigenvalue weighted by molar-refractivity contribution is 5.11. The maximum Gasteiger partial charge on any atom is -0.00248 e. The first-order chi connectivity index (χ1) is 7.16. The molecule has 0 amide bonds. The fourth-order valence-corrected chi connectivity index (χ4v) is 1.21. The highest BCUT2D eigenvalue weighted by Gasteiger charge is 1.86. The Morgan fingerprint density at radius 2 is 1.60 bits per heavy atom. The molecule has 0 aliphatic heterocycles. The summed E-state index contributed by atoms with van der Waals surface area (Å²) in [6.45, 7) is 5.56. The molecule has 0 heterocycles. The maximum atomic E-state index is 2.23. The third kappa shape index (κ3) is 11.1. The molecule has 1 rings (SSSR count). The van der Waals surface area contributed by atoms with E-state index in [0.717, 1.165) is 0 Å². The number of nitrogens with zero attached hydrogens (tertiary/aromatic N) is 1. The van der Waals surface area contributed by atoms with Gasteiger partial charge in [-0.1, -0.05) is 55.7 Å². The van der Waals surface area contributed by atoms with Crippen LogP contribution in [0.5, 0.6) is 0 Å². The van der Waals surface area contributed by atoms with Gasteiger partial charge >= 0.3 is 0 Å². The van der Waals surface area contributed by atoms with Crippen LogP contribution in [0.2, 0.25) is 0 Å². The summed E-state index contributed by atoms with van der Waals surface area (Å²) in [6.07, 6.45) is 4.05. The second kappa shape index (κ2) is 9.72. The molecule has 0 saturated carbocycles. The summed E-state index contributed by atoms with van der Waals surface area (Å²) in [5, 5.41) is 0. The van der Waals surface area contributed by atoms with Crippen LogP contribution in [0.3, 0.4) is 0 Å². The van der Waals surface area contributed by atoms with Crippen molar-refractivity contribution >= 4 is 0 Å². The van der Waals surface area contributed by atoms with Crippen molar-refractivity contribution in [3.63, 3.8) is 0 Å². The van der Waals surface area contributed by atoms with Crippen molar-refractivity contribution in [3.8, 4) is 0 Å². The quantitative estimate of drug-likeness (QED) is 0.680. The van der Waals surface area contributed by atoms with Crippen LogP contribution >= 0.6 is 0 Å². The summed E-state index contributed by atoms with van der Waals surface area (Å²) in [4.78, 5) is 2.23. The van der Waals surface area contributed by atoms with Gasteiger partial charge in [-0.25, -0.2) is 0 Å². The molecule has 0 saturated heterocycles. The number of unbranched alkanes of at least 4 members (excludes halogenated alkanes) is 2. The number of rotatable bonds is 4. The Kier molecular flexibility index (Phi) is 9.19. The molecule has 0 bridgehead atoms. The van der Waals surface area contributed by atoms with Crippen molar-refractivity contribution < 1.29 is 0 Å². The van der Waals surface area contributed by atoms with Gasteiger partial charge in [0.05, 0.1) is 0 Å². The number of benzene rings is 1. The molecular formula is C14H25N. The molecule has 0 aliphatic carbocycles. The minimum Gasteiger partial charge on any atom is -0.309 e. The second-order valence-corrected chi connectivity index (χ2v) is 4.17. The standard InChI is InChI=1S/C7H17N.C7H8/c1-4-5-6-7-8(2)3;1-7-5-3-2-4-6-7/h4-7H2,1-3H3;2-6H,1H3. The first-order valence-corrected chi connectivity index (χ1v) is 5.83. The number of hydrogen-bond donors (Lipinski definition) is 0. The summed E-state index contributed by atoms with van der Waals surface area (Å²) in [7, 11) is 4.24. The normalized spacial score (nSPS) is 9.67. The molecule has 1 aromatic rings. The monoisotopic (exact) mass is 207 g/mol. The van der Waals surface area contributed by atoms with Gasteiger partial charge in [0, 0.05) is 0 Å². The molecule has 86 valence electrons. The molecule has 0 radical (unpaired) electrons. The van der Waals surface area contributed by atoms with Crippen molar-refractivity contribution in [2.45, 2.75) is 33.1 Å². The molecule has 0 N–H and O–H groups in total. The van der Waals surface area contributed by atoms with Crippen molar-refractivity contribution in [2.75, 3.05) is 20.6 Å². The number of hydrogen-bond acceptors (Lipinski definition) is 1. The molecular weight excluding hydrogens is 182 g/mol. The van der Waals surface area contributed by atoms with E-state index in [1.807, 2.05) is 18.2 Å². The van der Waals surface area contributed by atoms with Gasteiger partial charge in [0.25, 0.3) is 0 Å². The van der Waals surface area contributed by atoms with Crippen LogP contribution in [0.4, 0.5) is 0 Å². The summed E-state index contributed by atoms with van der Waals surface area (Å²) >= 11 is 0.